The van der Waals surface area contributed by atoms with Gasteiger partial charge in [0.25, 0.3) is 0 Å². The van der Waals surface area contributed by atoms with Crippen LogP contribution in [0, 0.1) is 6.92 Å². The molecule has 4 aromatic rings. The van der Waals surface area contributed by atoms with E-state index >= 15 is 0 Å². The van der Waals surface area contributed by atoms with Crippen molar-refractivity contribution < 1.29 is 0 Å². The number of nitrogens with zero attached hydrogens (tertiary/aromatic N) is 1. The molecule has 0 saturated carbocycles. The van der Waals surface area contributed by atoms with Gasteiger partial charge < -0.3 is 0 Å². The van der Waals surface area contributed by atoms with Gasteiger partial charge in [-0.15, -0.1) is 0 Å². The van der Waals surface area contributed by atoms with Crippen LogP contribution in [0.15, 0.2) is 108 Å². The molecule has 0 saturated heterocycles. The zero-order chi connectivity index (χ0) is 21.6. The van der Waals surface area contributed by atoms with E-state index in [9.17, 15) is 0 Å². The number of benzene rings is 4. The Labute approximate surface area is 187 Å². The Kier molecular flexibility index (Phi) is 6.75. The summed E-state index contributed by atoms with van der Waals surface area (Å²) in [5.41, 5.74) is 4.87. The van der Waals surface area contributed by atoms with Gasteiger partial charge in [0, 0.05) is 11.8 Å². The second kappa shape index (κ2) is 9.86. The molecule has 0 aliphatic heterocycles. The summed E-state index contributed by atoms with van der Waals surface area (Å²) in [7, 11) is -0.665. The minimum atomic E-state index is -0.665. The topological polar surface area (TPSA) is 12.4 Å². The summed E-state index contributed by atoms with van der Waals surface area (Å²) in [6.07, 6.45) is 2.05. The molecular weight excluding hydrogens is 393 g/mol. The van der Waals surface area contributed by atoms with Gasteiger partial charge in [0.1, 0.15) is 0 Å². The van der Waals surface area contributed by atoms with E-state index in [0.29, 0.717) is 5.92 Å². The van der Waals surface area contributed by atoms with Gasteiger partial charge in [-0.2, -0.15) is 0 Å². The molecule has 0 N–H and O–H groups in total. The van der Waals surface area contributed by atoms with Crippen LogP contribution in [0.3, 0.4) is 0 Å². The highest BCUT2D eigenvalue weighted by Crippen LogP contribution is 2.34. The van der Waals surface area contributed by atoms with Crippen LogP contribution < -0.4 is 15.9 Å². The molecule has 0 amide bonds. The van der Waals surface area contributed by atoms with Gasteiger partial charge in [-0.1, -0.05) is 111 Å². The number of aliphatic imine (C=N–C) groups is 1. The third-order valence-corrected chi connectivity index (χ3v) is 7.95. The molecular formula is C29H28NP. The van der Waals surface area contributed by atoms with Crippen LogP contribution in [0.2, 0.25) is 0 Å². The van der Waals surface area contributed by atoms with Crippen molar-refractivity contribution in [3.05, 3.63) is 120 Å². The van der Waals surface area contributed by atoms with Gasteiger partial charge >= 0.3 is 0 Å². The highest BCUT2D eigenvalue weighted by Gasteiger charge is 2.18. The molecule has 0 fully saturated rings. The van der Waals surface area contributed by atoms with E-state index in [1.54, 1.807) is 0 Å². The van der Waals surface area contributed by atoms with Gasteiger partial charge in [-0.3, -0.25) is 4.99 Å². The van der Waals surface area contributed by atoms with E-state index in [-0.39, 0.29) is 0 Å². The summed E-state index contributed by atoms with van der Waals surface area (Å²) >= 11 is 0. The Balaban J connectivity index is 1.81. The fraction of sp³-hybridized carbons (Fsp3) is 0.138. The first-order valence-electron chi connectivity index (χ1n) is 10.8. The van der Waals surface area contributed by atoms with Crippen molar-refractivity contribution in [3.8, 4) is 0 Å². The van der Waals surface area contributed by atoms with Gasteiger partial charge in [0.05, 0.1) is 5.69 Å². The number of hydrogen-bond acceptors (Lipinski definition) is 1. The van der Waals surface area contributed by atoms with E-state index in [1.165, 1.54) is 32.6 Å². The van der Waals surface area contributed by atoms with Crippen LogP contribution in [0.1, 0.15) is 36.5 Å². The molecule has 4 aromatic carbocycles. The van der Waals surface area contributed by atoms with Crippen molar-refractivity contribution in [3.63, 3.8) is 0 Å². The summed E-state index contributed by atoms with van der Waals surface area (Å²) in [6, 6.07) is 36.7. The van der Waals surface area contributed by atoms with E-state index in [4.69, 9.17) is 4.99 Å². The van der Waals surface area contributed by atoms with Gasteiger partial charge in [0.2, 0.25) is 0 Å². The fourth-order valence-electron chi connectivity index (χ4n) is 4.05. The molecule has 0 atom stereocenters. The second-order valence-corrected chi connectivity index (χ2v) is 10.2. The summed E-state index contributed by atoms with van der Waals surface area (Å²) < 4.78 is 0. The fourth-order valence-corrected chi connectivity index (χ4v) is 6.47. The third kappa shape index (κ3) is 4.84. The molecule has 31 heavy (non-hydrogen) atoms. The van der Waals surface area contributed by atoms with E-state index in [2.05, 4.69) is 130 Å². The molecule has 1 nitrogen and oxygen atoms in total. The third-order valence-electron chi connectivity index (χ3n) is 5.43. The van der Waals surface area contributed by atoms with Crippen LogP contribution >= 0.6 is 7.92 Å². The van der Waals surface area contributed by atoms with Crippen molar-refractivity contribution in [2.24, 2.45) is 4.99 Å². The lowest BCUT2D eigenvalue weighted by Gasteiger charge is -2.21. The summed E-state index contributed by atoms with van der Waals surface area (Å²) in [5, 5.41) is 4.03. The van der Waals surface area contributed by atoms with E-state index in [0.717, 1.165) is 5.69 Å². The smallest absolute Gasteiger partial charge is 0.0667 e. The van der Waals surface area contributed by atoms with Crippen molar-refractivity contribution in [2.45, 2.75) is 26.7 Å². The van der Waals surface area contributed by atoms with Crippen LogP contribution in [-0.2, 0) is 0 Å². The standard InChI is InChI=1S/C29H28NP/c1-22(2)29-23(3)13-12-19-27(29)30-21-24-14-10-11-20-28(24)31(25-15-6-4-7-16-25)26-17-8-5-9-18-26/h4-22H,1-3H3. The lowest BCUT2D eigenvalue weighted by atomic mass is 9.96. The molecule has 0 bridgehead atoms. The quantitative estimate of drug-likeness (QED) is 0.245. The molecule has 0 radical (unpaired) electrons. The first-order valence-corrected chi connectivity index (χ1v) is 12.1. The number of aryl methyl sites for hydroxylation is 1. The van der Waals surface area contributed by atoms with Crippen molar-refractivity contribution in [1.82, 2.24) is 0 Å². The molecule has 0 unspecified atom stereocenters. The lowest BCUT2D eigenvalue weighted by Crippen LogP contribution is -2.23. The molecule has 2 heteroatoms. The maximum Gasteiger partial charge on any atom is 0.0667 e. The van der Waals surface area contributed by atoms with Crippen molar-refractivity contribution in [1.29, 1.82) is 0 Å². The SMILES string of the molecule is Cc1cccc(N=Cc2ccccc2P(c2ccccc2)c2ccccc2)c1C(C)C. The first kappa shape index (κ1) is 21.2. The van der Waals surface area contributed by atoms with Crippen LogP contribution in [0.5, 0.6) is 0 Å². The van der Waals surface area contributed by atoms with Crippen LogP contribution in [-0.4, -0.2) is 6.21 Å². The van der Waals surface area contributed by atoms with Crippen LogP contribution in [0.4, 0.5) is 5.69 Å². The molecule has 0 spiro atoms. The zero-order valence-electron chi connectivity index (χ0n) is 18.4. The van der Waals surface area contributed by atoms with Crippen molar-refractivity contribution >= 4 is 35.7 Å². The molecule has 4 rings (SSSR count). The highest BCUT2D eigenvalue weighted by molar-refractivity contribution is 7.80. The summed E-state index contributed by atoms with van der Waals surface area (Å²) in [4.78, 5) is 4.97. The Morgan fingerprint density at radius 1 is 0.677 bits per heavy atom. The Morgan fingerprint density at radius 2 is 1.26 bits per heavy atom. The summed E-state index contributed by atoms with van der Waals surface area (Å²) in [5.74, 6) is 0.439. The monoisotopic (exact) mass is 421 g/mol. The molecule has 0 aromatic heterocycles. The van der Waals surface area contributed by atoms with Gasteiger partial charge in [-0.05, 0) is 53.9 Å². The maximum atomic E-state index is 4.97. The Hall–Kier alpha value is -3.02. The average Bonchev–Trinajstić information content (AvgIpc) is 2.80. The molecule has 154 valence electrons. The first-order chi connectivity index (χ1) is 15.1. The zero-order valence-corrected chi connectivity index (χ0v) is 19.3. The molecule has 0 aliphatic rings. The van der Waals surface area contributed by atoms with Gasteiger partial charge in [0.15, 0.2) is 0 Å². The summed E-state index contributed by atoms with van der Waals surface area (Å²) in [6.45, 7) is 6.64. The second-order valence-electron chi connectivity index (χ2n) is 7.99. The van der Waals surface area contributed by atoms with E-state index in [1.807, 2.05) is 0 Å². The predicted molar refractivity (Wildman–Crippen MR) is 138 cm³/mol. The average molecular weight is 422 g/mol. The minimum Gasteiger partial charge on any atom is -0.256 e. The van der Waals surface area contributed by atoms with E-state index < -0.39 is 7.92 Å². The van der Waals surface area contributed by atoms with Gasteiger partial charge in [-0.25, -0.2) is 0 Å². The molecule has 0 aliphatic carbocycles. The Bertz CT molecular complexity index is 1120. The predicted octanol–water partition coefficient (Wildman–Crippen LogP) is 6.63. The normalized spacial score (nSPS) is 11.5. The molecule has 0 heterocycles. The minimum absolute atomic E-state index is 0.439. The largest absolute Gasteiger partial charge is 0.256 e. The number of rotatable bonds is 6. The lowest BCUT2D eigenvalue weighted by molar-refractivity contribution is 0.857. The van der Waals surface area contributed by atoms with Crippen LogP contribution in [0.25, 0.3) is 0 Å². The Morgan fingerprint density at radius 3 is 1.87 bits per heavy atom. The maximum absolute atomic E-state index is 4.97. The van der Waals surface area contributed by atoms with Crippen molar-refractivity contribution in [2.75, 3.05) is 0 Å². The highest BCUT2D eigenvalue weighted by atomic mass is 31.1. The number of hydrogen-bond donors (Lipinski definition) is 0.